The minimum absolute atomic E-state index is 0.0237. The van der Waals surface area contributed by atoms with Gasteiger partial charge in [-0.05, 0) is 105 Å². The summed E-state index contributed by atoms with van der Waals surface area (Å²) in [7, 11) is 0. The molecule has 38 heavy (non-hydrogen) atoms. The Bertz CT molecular complexity index is 1210. The van der Waals surface area contributed by atoms with Crippen LogP contribution in [0.2, 0.25) is 5.02 Å². The number of benzene rings is 2. The molecule has 6 heteroatoms. The van der Waals surface area contributed by atoms with Crippen LogP contribution in [0, 0.1) is 0 Å². The number of hydrogen-bond acceptors (Lipinski definition) is 3. The number of rotatable bonds is 11. The zero-order valence-corrected chi connectivity index (χ0v) is 23.5. The summed E-state index contributed by atoms with van der Waals surface area (Å²) in [5.41, 5.74) is 6.11. The van der Waals surface area contributed by atoms with Crippen molar-refractivity contribution in [1.29, 1.82) is 0 Å². The topological polar surface area (TPSA) is 50.2 Å². The maximum Gasteiger partial charge on any atom is 0.254 e. The molecule has 1 spiro atoms. The van der Waals surface area contributed by atoms with Crippen molar-refractivity contribution in [2.45, 2.75) is 76.5 Å². The van der Waals surface area contributed by atoms with Crippen LogP contribution in [0.5, 0.6) is 0 Å². The molecule has 0 radical (unpaired) electrons. The highest BCUT2D eigenvalue weighted by atomic mass is 35.5. The quantitative estimate of drug-likeness (QED) is 0.278. The summed E-state index contributed by atoms with van der Waals surface area (Å²) in [4.78, 5) is 15.6. The number of piperidine rings is 1. The Morgan fingerprint density at radius 3 is 2.55 bits per heavy atom. The number of aromatic nitrogens is 2. The van der Waals surface area contributed by atoms with Crippen LogP contribution < -0.4 is 5.32 Å². The van der Waals surface area contributed by atoms with Gasteiger partial charge in [-0.1, -0.05) is 62.1 Å². The van der Waals surface area contributed by atoms with Crippen LogP contribution in [0.1, 0.15) is 85.5 Å². The Morgan fingerprint density at radius 2 is 1.76 bits per heavy atom. The van der Waals surface area contributed by atoms with E-state index >= 15 is 0 Å². The molecule has 202 valence electrons. The van der Waals surface area contributed by atoms with Gasteiger partial charge in [-0.3, -0.25) is 4.79 Å². The fourth-order valence-electron chi connectivity index (χ4n) is 6.35. The molecule has 1 aliphatic heterocycles. The lowest BCUT2D eigenvalue weighted by atomic mass is 9.74. The number of aryl methyl sites for hydroxylation is 2. The largest absolute Gasteiger partial charge is 0.352 e. The normalized spacial score (nSPS) is 16.6. The molecule has 1 aromatic heterocycles. The summed E-state index contributed by atoms with van der Waals surface area (Å²) in [5.74, 6) is -0.0237. The molecule has 0 saturated carbocycles. The zero-order chi connectivity index (χ0) is 26.4. The summed E-state index contributed by atoms with van der Waals surface area (Å²) < 4.78 is 1.78. The molecule has 1 amide bonds. The van der Waals surface area contributed by atoms with Gasteiger partial charge in [0.1, 0.15) is 0 Å². The van der Waals surface area contributed by atoms with Gasteiger partial charge in [-0.2, -0.15) is 5.10 Å². The van der Waals surface area contributed by atoms with E-state index in [1.165, 1.54) is 58.2 Å². The van der Waals surface area contributed by atoms with E-state index in [0.717, 1.165) is 37.1 Å². The van der Waals surface area contributed by atoms with Gasteiger partial charge in [0.15, 0.2) is 0 Å². The first-order valence-corrected chi connectivity index (χ1v) is 14.9. The number of carbonyl (C=O) groups is 1. The number of nitrogens with zero attached hydrogens (tertiary/aromatic N) is 3. The Balaban J connectivity index is 1.00. The average molecular weight is 533 g/mol. The van der Waals surface area contributed by atoms with Crippen LogP contribution in [0.3, 0.4) is 0 Å². The summed E-state index contributed by atoms with van der Waals surface area (Å²) in [6, 6.07) is 16.6. The fourth-order valence-corrected chi connectivity index (χ4v) is 6.47. The van der Waals surface area contributed by atoms with Crippen LogP contribution >= 0.6 is 11.6 Å². The maximum absolute atomic E-state index is 12.9. The molecule has 1 aliphatic carbocycles. The molecule has 1 saturated heterocycles. The van der Waals surface area contributed by atoms with Crippen molar-refractivity contribution in [3.8, 4) is 5.69 Å². The van der Waals surface area contributed by atoms with E-state index < -0.39 is 0 Å². The van der Waals surface area contributed by atoms with E-state index in [4.69, 9.17) is 11.6 Å². The van der Waals surface area contributed by atoms with Crippen molar-refractivity contribution in [3.05, 3.63) is 82.1 Å². The van der Waals surface area contributed by atoms with Crippen LogP contribution in [0.4, 0.5) is 0 Å². The minimum Gasteiger partial charge on any atom is -0.352 e. The number of fused-ring (bicyclic) bond motifs is 2. The van der Waals surface area contributed by atoms with Gasteiger partial charge < -0.3 is 10.2 Å². The third kappa shape index (κ3) is 6.16. The highest BCUT2D eigenvalue weighted by molar-refractivity contribution is 6.30. The van der Waals surface area contributed by atoms with Gasteiger partial charge in [-0.25, -0.2) is 4.68 Å². The van der Waals surface area contributed by atoms with Crippen molar-refractivity contribution in [2.24, 2.45) is 0 Å². The maximum atomic E-state index is 12.9. The lowest BCUT2D eigenvalue weighted by Gasteiger charge is -2.40. The molecule has 2 heterocycles. The third-order valence-electron chi connectivity index (χ3n) is 8.57. The van der Waals surface area contributed by atoms with Crippen molar-refractivity contribution < 1.29 is 4.79 Å². The average Bonchev–Trinajstić information content (AvgIpc) is 3.52. The standard InChI is InChI=1S/C32H41ClN4O/c1-2-9-30-28(24-37(35-30)27-14-12-26(33)13-15-27)31(38)34-20-7-3-4-8-21-36-22-18-32(19-23-36)17-16-25-10-5-6-11-29(25)32/h5-6,10-15,24H,2-4,7-9,16-23H2,1H3,(H,34,38). The SMILES string of the molecule is CCCc1nn(-c2ccc(Cl)cc2)cc1C(=O)NCCCCCCN1CCC2(CCc3ccccc32)CC1. The molecule has 0 atom stereocenters. The predicted molar refractivity (Wildman–Crippen MR) is 155 cm³/mol. The molecule has 0 bridgehead atoms. The lowest BCUT2D eigenvalue weighted by Crippen LogP contribution is -2.41. The summed E-state index contributed by atoms with van der Waals surface area (Å²) in [6.45, 7) is 6.48. The fraction of sp³-hybridized carbons (Fsp3) is 0.500. The number of halogens is 1. The monoisotopic (exact) mass is 532 g/mol. The van der Waals surface area contributed by atoms with Crippen molar-refractivity contribution in [2.75, 3.05) is 26.2 Å². The first-order chi connectivity index (χ1) is 18.6. The smallest absolute Gasteiger partial charge is 0.254 e. The van der Waals surface area contributed by atoms with E-state index in [-0.39, 0.29) is 5.91 Å². The number of nitrogens with one attached hydrogen (secondary N) is 1. The van der Waals surface area contributed by atoms with Gasteiger partial charge in [0, 0.05) is 17.8 Å². The molecule has 1 N–H and O–H groups in total. The van der Waals surface area contributed by atoms with E-state index in [1.807, 2.05) is 30.5 Å². The van der Waals surface area contributed by atoms with Crippen LogP contribution in [-0.2, 0) is 18.3 Å². The highest BCUT2D eigenvalue weighted by Gasteiger charge is 2.40. The van der Waals surface area contributed by atoms with Crippen LogP contribution in [0.25, 0.3) is 5.69 Å². The Labute approximate surface area is 232 Å². The number of hydrogen-bond donors (Lipinski definition) is 1. The summed E-state index contributed by atoms with van der Waals surface area (Å²) >= 11 is 6.02. The van der Waals surface area contributed by atoms with Crippen molar-refractivity contribution in [3.63, 3.8) is 0 Å². The number of unbranched alkanes of at least 4 members (excludes halogenated alkanes) is 3. The van der Waals surface area contributed by atoms with Crippen LogP contribution in [0.15, 0.2) is 54.7 Å². The number of amides is 1. The zero-order valence-electron chi connectivity index (χ0n) is 22.7. The molecule has 1 fully saturated rings. The first kappa shape index (κ1) is 27.0. The van der Waals surface area contributed by atoms with E-state index in [0.29, 0.717) is 22.5 Å². The third-order valence-corrected chi connectivity index (χ3v) is 8.83. The second-order valence-electron chi connectivity index (χ2n) is 11.1. The highest BCUT2D eigenvalue weighted by Crippen LogP contribution is 2.46. The molecule has 3 aromatic rings. The Morgan fingerprint density at radius 1 is 1.00 bits per heavy atom. The van der Waals surface area contributed by atoms with Gasteiger partial charge >= 0.3 is 0 Å². The van der Waals surface area contributed by atoms with Crippen molar-refractivity contribution >= 4 is 17.5 Å². The van der Waals surface area contributed by atoms with Gasteiger partial charge in [0.25, 0.3) is 5.91 Å². The molecular formula is C32H41ClN4O. The van der Waals surface area contributed by atoms with E-state index in [9.17, 15) is 4.79 Å². The second-order valence-corrected chi connectivity index (χ2v) is 11.5. The lowest BCUT2D eigenvalue weighted by molar-refractivity contribution is 0.0952. The molecule has 2 aliphatic rings. The first-order valence-electron chi connectivity index (χ1n) is 14.5. The number of likely N-dealkylation sites (tertiary alicyclic amines) is 1. The predicted octanol–water partition coefficient (Wildman–Crippen LogP) is 6.75. The van der Waals surface area contributed by atoms with Crippen LogP contribution in [-0.4, -0.2) is 46.8 Å². The van der Waals surface area contributed by atoms with Gasteiger partial charge in [-0.15, -0.1) is 0 Å². The van der Waals surface area contributed by atoms with Crippen molar-refractivity contribution in [1.82, 2.24) is 20.0 Å². The van der Waals surface area contributed by atoms with Gasteiger partial charge in [0.05, 0.1) is 16.9 Å². The number of carbonyl (C=O) groups excluding carboxylic acids is 1. The molecule has 5 nitrogen and oxygen atoms in total. The minimum atomic E-state index is -0.0237. The Kier molecular flexibility index (Phi) is 8.86. The van der Waals surface area contributed by atoms with E-state index in [1.54, 1.807) is 15.8 Å². The Hall–Kier alpha value is -2.63. The second kappa shape index (κ2) is 12.5. The molecule has 2 aromatic carbocycles. The molecule has 5 rings (SSSR count). The molecular weight excluding hydrogens is 492 g/mol. The molecule has 0 unspecified atom stereocenters. The summed E-state index contributed by atoms with van der Waals surface area (Å²) in [5, 5.41) is 8.49. The summed E-state index contributed by atoms with van der Waals surface area (Å²) in [6.07, 6.45) is 13.4. The van der Waals surface area contributed by atoms with Gasteiger partial charge in [0.2, 0.25) is 0 Å². The van der Waals surface area contributed by atoms with E-state index in [2.05, 4.69) is 46.5 Å².